The lowest BCUT2D eigenvalue weighted by molar-refractivity contribution is -0.143. The molecule has 1 unspecified atom stereocenters. The van der Waals surface area contributed by atoms with Crippen molar-refractivity contribution in [3.63, 3.8) is 0 Å². The van der Waals surface area contributed by atoms with E-state index in [4.69, 9.17) is 14.1 Å². The van der Waals surface area contributed by atoms with E-state index in [9.17, 15) is 27.9 Å². The van der Waals surface area contributed by atoms with Gasteiger partial charge in [0, 0.05) is 17.7 Å². The number of rotatable bonds is 6. The number of fused-ring (bicyclic) bond motifs is 4. The first kappa shape index (κ1) is 31.7. The highest BCUT2D eigenvalue weighted by atomic mass is 19.4. The fourth-order valence-electron chi connectivity index (χ4n) is 6.93. The Balaban J connectivity index is 1.48. The highest BCUT2D eigenvalue weighted by Crippen LogP contribution is 2.59. The number of amides is 2. The van der Waals surface area contributed by atoms with Crippen molar-refractivity contribution >= 4 is 17.5 Å². The number of anilines is 1. The number of alkyl halides is 3. The van der Waals surface area contributed by atoms with E-state index in [1.165, 1.54) is 0 Å². The zero-order chi connectivity index (χ0) is 34.2. The molecule has 3 aliphatic rings. The molecular weight excluding hydrogens is 629 g/mol. The Morgan fingerprint density at radius 3 is 2.54 bits per heavy atom. The molecule has 0 saturated carbocycles. The molecular formula is C34H35F3N6O5. The largest absolute Gasteiger partial charge is 0.469 e. The Hall–Kier alpha value is -4.85. The average molecular weight is 665 g/mol. The number of nitrogens with zero attached hydrogens (tertiary/aromatic N) is 2. The van der Waals surface area contributed by atoms with Crippen LogP contribution in [0.3, 0.4) is 0 Å². The summed E-state index contributed by atoms with van der Waals surface area (Å²) < 4.78 is 54.4. The topological polar surface area (TPSA) is 154 Å². The van der Waals surface area contributed by atoms with Gasteiger partial charge >= 0.3 is 6.18 Å². The minimum absolute atomic E-state index is 0.0475. The van der Waals surface area contributed by atoms with Crippen molar-refractivity contribution in [1.82, 2.24) is 25.8 Å². The summed E-state index contributed by atoms with van der Waals surface area (Å²) >= 11 is 0. The first-order valence-corrected chi connectivity index (χ1v) is 15.9. The second kappa shape index (κ2) is 11.1. The predicted octanol–water partition coefficient (Wildman–Crippen LogP) is 4.97. The number of nitrogens with one attached hydrogen (secondary N) is 4. The number of para-hydroxylation sites is 1. The summed E-state index contributed by atoms with van der Waals surface area (Å²) in [6.07, 6.45) is -5.09. The number of aromatic amines is 1. The van der Waals surface area contributed by atoms with Crippen LogP contribution in [-0.2, 0) is 27.6 Å². The van der Waals surface area contributed by atoms with Crippen LogP contribution in [0.15, 0.2) is 52.9 Å². The molecule has 252 valence electrons. The summed E-state index contributed by atoms with van der Waals surface area (Å²) in [5.41, 5.74) is -1.19. The van der Waals surface area contributed by atoms with Crippen LogP contribution in [0.2, 0.25) is 0 Å². The van der Waals surface area contributed by atoms with Crippen molar-refractivity contribution in [3.05, 3.63) is 82.6 Å². The normalized spacial score (nSPS) is 22.9. The molecule has 0 radical (unpaired) electrons. The van der Waals surface area contributed by atoms with Gasteiger partial charge in [-0.15, -0.1) is 0 Å². The fraction of sp³-hybridized carbons (Fsp3) is 0.412. The lowest BCUT2D eigenvalue weighted by atomic mass is 9.72. The number of aromatic nitrogens is 3. The predicted molar refractivity (Wildman–Crippen MR) is 167 cm³/mol. The molecule has 0 fully saturated rings. The van der Waals surface area contributed by atoms with Crippen molar-refractivity contribution in [2.75, 3.05) is 5.32 Å². The van der Waals surface area contributed by atoms with Gasteiger partial charge in [0.25, 0.3) is 5.91 Å². The quantitative estimate of drug-likeness (QED) is 0.194. The SMILES string of the molecule is CCC(O)(CC)C(=O)N[C@H]1Cc2ccc3c(c2)C2(c4ccccc4N[C@H]2O3)c2oc(nc2-c2cc(C(F)(F)F)[nH]n2)[C@H](C(C)C)NC1=O. The highest BCUT2D eigenvalue weighted by molar-refractivity contribution is 5.91. The Morgan fingerprint density at radius 1 is 1.10 bits per heavy atom. The Kier molecular flexibility index (Phi) is 7.35. The van der Waals surface area contributed by atoms with Crippen LogP contribution in [0, 0.1) is 5.92 Å². The van der Waals surface area contributed by atoms with Gasteiger partial charge < -0.3 is 30.2 Å². The molecule has 2 amide bonds. The van der Waals surface area contributed by atoms with Crippen molar-refractivity contribution in [2.45, 2.75) is 82.5 Å². The number of hydrogen-bond acceptors (Lipinski definition) is 8. The fourth-order valence-corrected chi connectivity index (χ4v) is 6.93. The summed E-state index contributed by atoms with van der Waals surface area (Å²) in [6.45, 7) is 7.06. The van der Waals surface area contributed by atoms with Crippen molar-refractivity contribution in [1.29, 1.82) is 0 Å². The second-order valence-electron chi connectivity index (χ2n) is 12.9. The van der Waals surface area contributed by atoms with Crippen LogP contribution < -0.4 is 20.7 Å². The smallest absolute Gasteiger partial charge is 0.432 e. The number of ether oxygens (including phenoxy) is 1. The third-order valence-electron chi connectivity index (χ3n) is 9.76. The molecule has 5 N–H and O–H groups in total. The molecule has 48 heavy (non-hydrogen) atoms. The van der Waals surface area contributed by atoms with Gasteiger partial charge in [0.15, 0.2) is 12.0 Å². The van der Waals surface area contributed by atoms with Gasteiger partial charge in [-0.3, -0.25) is 14.7 Å². The van der Waals surface area contributed by atoms with Crippen molar-refractivity contribution in [2.24, 2.45) is 5.92 Å². The maximum absolute atomic E-state index is 14.0. The molecule has 11 nitrogen and oxygen atoms in total. The van der Waals surface area contributed by atoms with E-state index < -0.39 is 53.0 Å². The van der Waals surface area contributed by atoms with Gasteiger partial charge in [0.2, 0.25) is 11.8 Å². The van der Waals surface area contributed by atoms with Crippen LogP contribution >= 0.6 is 0 Å². The Morgan fingerprint density at radius 2 is 1.85 bits per heavy atom. The summed E-state index contributed by atoms with van der Waals surface area (Å²) in [6, 6.07) is 11.8. The summed E-state index contributed by atoms with van der Waals surface area (Å²) in [7, 11) is 0. The standard InChI is InChI=1S/C34H35F3N6O5/c1-5-32(46,6-2)30(45)38-22-14-17-11-12-23-19(13-17)33(18-9-7-8-10-20(18)39-31(33)47-23)27-26(21-15-24(43-42-21)34(35,36)37)41-29(48-27)25(16(3)4)40-28(22)44/h7-13,15-16,22,25,31,39,46H,5-6,14H2,1-4H3,(H,38,45)(H,40,44)(H,42,43)/t22-,25-,31-,33?/m0/s1. The minimum atomic E-state index is -4.69. The molecule has 4 atom stereocenters. The molecule has 7 rings (SSSR count). The summed E-state index contributed by atoms with van der Waals surface area (Å²) in [5, 5.41) is 26.2. The number of carbonyl (C=O) groups excluding carboxylic acids is 2. The van der Waals surface area contributed by atoms with Crippen LogP contribution in [0.1, 0.15) is 80.6 Å². The van der Waals surface area contributed by atoms with Gasteiger partial charge in [0.05, 0.1) is 0 Å². The maximum atomic E-state index is 14.0. The zero-order valence-corrected chi connectivity index (χ0v) is 26.7. The zero-order valence-electron chi connectivity index (χ0n) is 26.7. The van der Waals surface area contributed by atoms with Crippen LogP contribution in [0.25, 0.3) is 11.4 Å². The molecule has 0 aliphatic carbocycles. The van der Waals surface area contributed by atoms with Gasteiger partial charge in [-0.25, -0.2) is 4.98 Å². The third kappa shape index (κ3) is 4.75. The lowest BCUT2D eigenvalue weighted by Gasteiger charge is -2.30. The Labute approximate surface area is 273 Å². The first-order chi connectivity index (χ1) is 22.8. The minimum Gasteiger partial charge on any atom is -0.469 e. The molecule has 14 heteroatoms. The molecule has 2 aromatic carbocycles. The number of aliphatic hydroxyl groups is 1. The number of benzene rings is 2. The van der Waals surface area contributed by atoms with Gasteiger partial charge in [-0.2, -0.15) is 18.3 Å². The van der Waals surface area contributed by atoms with Gasteiger partial charge in [0.1, 0.15) is 45.9 Å². The van der Waals surface area contributed by atoms with E-state index in [-0.39, 0.29) is 48.2 Å². The molecule has 0 saturated heterocycles. The number of carbonyl (C=O) groups is 2. The summed E-state index contributed by atoms with van der Waals surface area (Å²) in [4.78, 5) is 32.1. The Bertz CT molecular complexity index is 1910. The molecule has 4 aromatic rings. The van der Waals surface area contributed by atoms with E-state index >= 15 is 0 Å². The average Bonchev–Trinajstić information content (AvgIpc) is 3.83. The monoisotopic (exact) mass is 664 g/mol. The van der Waals surface area contributed by atoms with Crippen LogP contribution in [0.4, 0.5) is 18.9 Å². The molecule has 5 heterocycles. The van der Waals surface area contributed by atoms with Crippen molar-refractivity contribution < 1.29 is 37.0 Å². The number of oxazole rings is 1. The van der Waals surface area contributed by atoms with E-state index in [0.29, 0.717) is 16.9 Å². The highest BCUT2D eigenvalue weighted by Gasteiger charge is 2.61. The van der Waals surface area contributed by atoms with E-state index in [1.807, 2.05) is 44.2 Å². The second-order valence-corrected chi connectivity index (χ2v) is 12.9. The van der Waals surface area contributed by atoms with E-state index in [0.717, 1.165) is 17.3 Å². The van der Waals surface area contributed by atoms with Gasteiger partial charge in [-0.05, 0) is 48.1 Å². The molecule has 2 aromatic heterocycles. The molecule has 3 aliphatic heterocycles. The van der Waals surface area contributed by atoms with Crippen LogP contribution in [0.5, 0.6) is 5.75 Å². The summed E-state index contributed by atoms with van der Waals surface area (Å²) in [5.74, 6) is -0.772. The van der Waals surface area contributed by atoms with Crippen LogP contribution in [-0.4, -0.2) is 50.0 Å². The third-order valence-corrected chi connectivity index (χ3v) is 9.76. The number of halogens is 3. The van der Waals surface area contributed by atoms with Crippen molar-refractivity contribution in [3.8, 4) is 17.1 Å². The number of H-pyrrole nitrogens is 1. The van der Waals surface area contributed by atoms with E-state index in [1.54, 1.807) is 26.0 Å². The number of hydrogen-bond donors (Lipinski definition) is 5. The molecule has 4 bridgehead atoms. The lowest BCUT2D eigenvalue weighted by Crippen LogP contribution is -2.55. The van der Waals surface area contributed by atoms with E-state index in [2.05, 4.69) is 26.1 Å². The molecule has 1 spiro atoms. The first-order valence-electron chi connectivity index (χ1n) is 15.9. The van der Waals surface area contributed by atoms with Gasteiger partial charge in [-0.1, -0.05) is 58.0 Å². The maximum Gasteiger partial charge on any atom is 0.432 e.